The Hall–Kier alpha value is -2.28. The van der Waals surface area contributed by atoms with Crippen LogP contribution >= 0.6 is 0 Å². The van der Waals surface area contributed by atoms with Crippen LogP contribution < -0.4 is 5.32 Å². The van der Waals surface area contributed by atoms with E-state index >= 15 is 0 Å². The zero-order chi connectivity index (χ0) is 15.4. The average molecular weight is 301 g/mol. The summed E-state index contributed by atoms with van der Waals surface area (Å²) < 4.78 is 1.56. The van der Waals surface area contributed by atoms with Crippen LogP contribution in [0.3, 0.4) is 0 Å². The van der Waals surface area contributed by atoms with Crippen molar-refractivity contribution in [3.63, 3.8) is 0 Å². The second-order valence-electron chi connectivity index (χ2n) is 5.89. The lowest BCUT2D eigenvalue weighted by Crippen LogP contribution is -2.44. The highest BCUT2D eigenvalue weighted by Crippen LogP contribution is 2.39. The maximum atomic E-state index is 12.0. The van der Waals surface area contributed by atoms with Crippen molar-refractivity contribution >= 4 is 5.91 Å². The Labute approximate surface area is 128 Å². The minimum Gasteiger partial charge on any atom is -0.396 e. The molecular formula is C15H19N5O2. The van der Waals surface area contributed by atoms with E-state index < -0.39 is 0 Å². The van der Waals surface area contributed by atoms with Gasteiger partial charge in [-0.3, -0.25) is 4.79 Å². The van der Waals surface area contributed by atoms with E-state index in [1.54, 1.807) is 4.68 Å². The Kier molecular flexibility index (Phi) is 4.15. The van der Waals surface area contributed by atoms with Gasteiger partial charge < -0.3 is 10.4 Å². The SMILES string of the molecule is O=C(Cc1ccc(-n2cnnn2)cc1)NCC1(CO)CCC1. The van der Waals surface area contributed by atoms with Crippen molar-refractivity contribution in [2.75, 3.05) is 13.2 Å². The molecule has 7 heteroatoms. The summed E-state index contributed by atoms with van der Waals surface area (Å²) in [4.78, 5) is 12.0. The fourth-order valence-electron chi connectivity index (χ4n) is 2.65. The predicted octanol–water partition coefficient (Wildman–Crippen LogP) is 0.484. The molecule has 0 radical (unpaired) electrons. The van der Waals surface area contributed by atoms with Crippen LogP contribution in [0.2, 0.25) is 0 Å². The monoisotopic (exact) mass is 301 g/mol. The third-order valence-corrected chi connectivity index (χ3v) is 4.32. The number of nitrogens with one attached hydrogen (secondary N) is 1. The second kappa shape index (κ2) is 6.23. The molecular weight excluding hydrogens is 282 g/mol. The van der Waals surface area contributed by atoms with E-state index in [0.717, 1.165) is 30.5 Å². The van der Waals surface area contributed by atoms with E-state index in [-0.39, 0.29) is 17.9 Å². The van der Waals surface area contributed by atoms with Gasteiger partial charge in [0.1, 0.15) is 6.33 Å². The lowest BCUT2D eigenvalue weighted by molar-refractivity contribution is -0.121. The summed E-state index contributed by atoms with van der Waals surface area (Å²) in [6, 6.07) is 7.53. The summed E-state index contributed by atoms with van der Waals surface area (Å²) in [7, 11) is 0. The van der Waals surface area contributed by atoms with Gasteiger partial charge in [-0.15, -0.1) is 5.10 Å². The van der Waals surface area contributed by atoms with E-state index in [1.165, 1.54) is 6.33 Å². The molecule has 0 bridgehead atoms. The van der Waals surface area contributed by atoms with E-state index in [9.17, 15) is 9.90 Å². The van der Waals surface area contributed by atoms with Crippen molar-refractivity contribution in [1.29, 1.82) is 0 Å². The van der Waals surface area contributed by atoms with Gasteiger partial charge >= 0.3 is 0 Å². The molecule has 0 saturated heterocycles. The molecule has 7 nitrogen and oxygen atoms in total. The second-order valence-corrected chi connectivity index (χ2v) is 5.89. The van der Waals surface area contributed by atoms with Crippen LogP contribution in [0, 0.1) is 5.41 Å². The molecule has 3 rings (SSSR count). The molecule has 1 aliphatic carbocycles. The number of rotatable bonds is 6. The largest absolute Gasteiger partial charge is 0.396 e. The van der Waals surface area contributed by atoms with Gasteiger partial charge in [0.2, 0.25) is 5.91 Å². The smallest absolute Gasteiger partial charge is 0.224 e. The maximum Gasteiger partial charge on any atom is 0.224 e. The van der Waals surface area contributed by atoms with E-state index in [4.69, 9.17) is 0 Å². The molecule has 2 aromatic rings. The number of hydrogen-bond donors (Lipinski definition) is 2. The standard InChI is InChI=1S/C15H19N5O2/c21-10-15(6-1-7-15)9-16-14(22)8-12-2-4-13(5-3-12)20-11-17-18-19-20/h2-5,11,21H,1,6-10H2,(H,16,22). The zero-order valence-electron chi connectivity index (χ0n) is 12.3. The first kappa shape index (κ1) is 14.6. The Bertz CT molecular complexity index is 614. The molecule has 0 spiro atoms. The summed E-state index contributed by atoms with van der Waals surface area (Å²) in [5.41, 5.74) is 1.70. The van der Waals surface area contributed by atoms with Gasteiger partial charge in [0.05, 0.1) is 18.7 Å². The number of aliphatic hydroxyl groups excluding tert-OH is 1. The van der Waals surface area contributed by atoms with Crippen molar-refractivity contribution in [2.24, 2.45) is 5.41 Å². The normalized spacial score (nSPS) is 16.0. The van der Waals surface area contributed by atoms with Crippen LogP contribution in [0.5, 0.6) is 0 Å². The average Bonchev–Trinajstić information content (AvgIpc) is 3.02. The highest BCUT2D eigenvalue weighted by molar-refractivity contribution is 5.78. The number of aromatic nitrogens is 4. The number of carbonyl (C=O) groups is 1. The Morgan fingerprint density at radius 2 is 2.09 bits per heavy atom. The molecule has 22 heavy (non-hydrogen) atoms. The summed E-state index contributed by atoms with van der Waals surface area (Å²) in [6.45, 7) is 0.707. The van der Waals surface area contributed by atoms with Gasteiger partial charge in [0.25, 0.3) is 0 Å². The van der Waals surface area contributed by atoms with Crippen molar-refractivity contribution in [3.05, 3.63) is 36.2 Å². The van der Waals surface area contributed by atoms with Gasteiger partial charge in [-0.1, -0.05) is 18.6 Å². The van der Waals surface area contributed by atoms with Crippen LogP contribution in [0.15, 0.2) is 30.6 Å². The maximum absolute atomic E-state index is 12.0. The Morgan fingerprint density at radius 1 is 1.32 bits per heavy atom. The lowest BCUT2D eigenvalue weighted by Gasteiger charge is -2.40. The fraction of sp³-hybridized carbons (Fsp3) is 0.467. The molecule has 1 fully saturated rings. The number of tetrazole rings is 1. The quantitative estimate of drug-likeness (QED) is 0.809. The van der Waals surface area contributed by atoms with Crippen molar-refractivity contribution in [2.45, 2.75) is 25.7 Å². The number of amides is 1. The highest BCUT2D eigenvalue weighted by atomic mass is 16.3. The molecule has 2 N–H and O–H groups in total. The molecule has 1 aromatic heterocycles. The van der Waals surface area contributed by atoms with E-state index in [2.05, 4.69) is 20.8 Å². The van der Waals surface area contributed by atoms with Crippen LogP contribution in [0.1, 0.15) is 24.8 Å². The van der Waals surface area contributed by atoms with E-state index in [1.807, 2.05) is 24.3 Å². The minimum atomic E-state index is -0.0837. The molecule has 1 saturated carbocycles. The van der Waals surface area contributed by atoms with E-state index in [0.29, 0.717) is 13.0 Å². The molecule has 0 unspecified atom stereocenters. The van der Waals surface area contributed by atoms with Gasteiger partial charge in [0.15, 0.2) is 0 Å². The first-order valence-electron chi connectivity index (χ1n) is 7.41. The first-order valence-corrected chi connectivity index (χ1v) is 7.41. The topological polar surface area (TPSA) is 92.9 Å². The number of carbonyl (C=O) groups excluding carboxylic acids is 1. The Balaban J connectivity index is 1.53. The summed E-state index contributed by atoms with van der Waals surface area (Å²) in [5.74, 6) is -0.0186. The van der Waals surface area contributed by atoms with Crippen molar-refractivity contribution in [3.8, 4) is 5.69 Å². The van der Waals surface area contributed by atoms with Gasteiger partial charge in [-0.05, 0) is 41.0 Å². The van der Waals surface area contributed by atoms with Crippen LogP contribution in [-0.4, -0.2) is 44.4 Å². The molecule has 1 amide bonds. The fourth-order valence-corrected chi connectivity index (χ4v) is 2.65. The highest BCUT2D eigenvalue weighted by Gasteiger charge is 2.36. The summed E-state index contributed by atoms with van der Waals surface area (Å²) in [5, 5.41) is 23.3. The molecule has 1 aliphatic rings. The molecule has 0 aliphatic heterocycles. The van der Waals surface area contributed by atoms with Crippen LogP contribution in [0.4, 0.5) is 0 Å². The van der Waals surface area contributed by atoms with Gasteiger partial charge in [-0.2, -0.15) is 0 Å². The van der Waals surface area contributed by atoms with Crippen LogP contribution in [0.25, 0.3) is 5.69 Å². The number of aliphatic hydroxyl groups is 1. The van der Waals surface area contributed by atoms with Gasteiger partial charge in [-0.25, -0.2) is 4.68 Å². The lowest BCUT2D eigenvalue weighted by atomic mass is 9.69. The predicted molar refractivity (Wildman–Crippen MR) is 79.2 cm³/mol. The molecule has 1 aromatic carbocycles. The number of hydrogen-bond acceptors (Lipinski definition) is 5. The van der Waals surface area contributed by atoms with Crippen LogP contribution in [-0.2, 0) is 11.2 Å². The first-order chi connectivity index (χ1) is 10.7. The molecule has 0 atom stereocenters. The third kappa shape index (κ3) is 3.14. The molecule has 116 valence electrons. The van der Waals surface area contributed by atoms with Crippen molar-refractivity contribution in [1.82, 2.24) is 25.5 Å². The molecule has 1 heterocycles. The summed E-state index contributed by atoms with van der Waals surface area (Å²) >= 11 is 0. The minimum absolute atomic E-state index is 0.0186. The number of benzene rings is 1. The Morgan fingerprint density at radius 3 is 2.64 bits per heavy atom. The number of nitrogens with zero attached hydrogens (tertiary/aromatic N) is 4. The van der Waals surface area contributed by atoms with Gasteiger partial charge in [0, 0.05) is 12.0 Å². The third-order valence-electron chi connectivity index (χ3n) is 4.32. The van der Waals surface area contributed by atoms with Crippen molar-refractivity contribution < 1.29 is 9.90 Å². The zero-order valence-corrected chi connectivity index (χ0v) is 12.3. The summed E-state index contributed by atoms with van der Waals surface area (Å²) in [6.07, 6.45) is 4.97.